The molecule has 0 amide bonds. The molecule has 24 nitrogen and oxygen atoms in total. The summed E-state index contributed by atoms with van der Waals surface area (Å²) in [5.74, 6) is -8.90. The van der Waals surface area contributed by atoms with Crippen LogP contribution in [0.5, 0.6) is 0 Å². The number of aliphatic hydroxyl groups is 8. The van der Waals surface area contributed by atoms with Gasteiger partial charge in [0.2, 0.25) is 5.78 Å². The number of fused-ring (bicyclic) bond motifs is 15. The van der Waals surface area contributed by atoms with E-state index in [-0.39, 0.29) is 60.8 Å². The monoisotopic (exact) mass is 2040 g/mol. The Kier molecular flexibility index (Phi) is 48.5. The third-order valence-electron chi connectivity index (χ3n) is 35.6. The molecule has 0 aliphatic heterocycles. The Balaban J connectivity index is 0.000000271. The topological polar surface area (TPSA) is 441 Å². The van der Waals surface area contributed by atoms with Gasteiger partial charge in [-0.15, -0.1) is 0 Å². The molecule has 0 saturated heterocycles. The number of Topliss-reactive ketones (excluding diaryl/α,β-unsaturated/α-hetero) is 3. The highest BCUT2D eigenvalue weighted by Gasteiger charge is 2.79. The van der Waals surface area contributed by atoms with Crippen molar-refractivity contribution in [3.8, 4) is 0 Å². The van der Waals surface area contributed by atoms with E-state index in [1.807, 2.05) is 0 Å². The molecule has 0 aromatic heterocycles. The molecule has 0 aromatic rings. The van der Waals surface area contributed by atoms with Crippen LogP contribution in [0.2, 0.25) is 0 Å². The molecule has 140 heavy (non-hydrogen) atoms. The normalized spacial score (nSPS) is 35.6. The van der Waals surface area contributed by atoms with Crippen LogP contribution in [0.25, 0.3) is 0 Å². The zero-order valence-corrected chi connectivity index (χ0v) is 88.7. The van der Waals surface area contributed by atoms with Gasteiger partial charge in [-0.2, -0.15) is 0 Å². The van der Waals surface area contributed by atoms with Crippen LogP contribution in [-0.2, 0) is 52.7 Å². The van der Waals surface area contributed by atoms with Gasteiger partial charge >= 0.3 is 23.9 Å². The number of alkyl halides is 4. The minimum atomic E-state index is -2.02. The molecular formula is C112H180BrF3N2O22. The van der Waals surface area contributed by atoms with Gasteiger partial charge in [0.15, 0.2) is 52.5 Å². The average molecular weight is 2040 g/mol. The lowest BCUT2D eigenvalue weighted by Gasteiger charge is -2.62. The molecule has 12 rings (SSSR count). The molecule has 0 heterocycles. The molecule has 9 saturated carbocycles. The van der Waals surface area contributed by atoms with Crippen molar-refractivity contribution in [2.45, 2.75) is 437 Å². The smallest absolute Gasteiger partial charge is 0.306 e. The lowest BCUT2D eigenvalue weighted by molar-refractivity contribution is -0.220. The number of hydrogen-bond donors (Lipinski definition) is 13. The Bertz CT molecular complexity index is 4130. The van der Waals surface area contributed by atoms with Gasteiger partial charge in [-0.3, -0.25) is 47.9 Å². The maximum atomic E-state index is 17.3. The van der Waals surface area contributed by atoms with Gasteiger partial charge in [0.05, 0.1) is 18.3 Å². The molecule has 0 aromatic carbocycles. The second-order valence-electron chi connectivity index (χ2n) is 44.4. The van der Waals surface area contributed by atoms with Crippen molar-refractivity contribution in [3.05, 3.63) is 71.4 Å². The number of aliphatic carboxylic acids is 3. The number of nitrogens with two attached hydrogens (primary N) is 1. The Morgan fingerprint density at radius 2 is 0.664 bits per heavy atom. The summed E-state index contributed by atoms with van der Waals surface area (Å²) in [6.07, 6.45) is 49.4. The summed E-state index contributed by atoms with van der Waals surface area (Å²) < 4.78 is 56.3. The summed E-state index contributed by atoms with van der Waals surface area (Å²) >= 11 is 3.27. The Morgan fingerprint density at radius 1 is 0.400 bits per heavy atom. The number of halogens is 4. The predicted molar refractivity (Wildman–Crippen MR) is 542 cm³/mol. The van der Waals surface area contributed by atoms with Crippen molar-refractivity contribution in [2.24, 2.45) is 91.5 Å². The van der Waals surface area contributed by atoms with Gasteiger partial charge in [0.1, 0.15) is 30.0 Å². The quantitative estimate of drug-likeness (QED) is 0.0153. The van der Waals surface area contributed by atoms with Gasteiger partial charge in [-0.05, 0) is 241 Å². The molecule has 28 heteroatoms. The first-order valence-electron chi connectivity index (χ1n) is 53.7. The van der Waals surface area contributed by atoms with Crippen LogP contribution < -0.4 is 11.1 Å². The molecular weight excluding hydrogens is 1860 g/mol. The van der Waals surface area contributed by atoms with Crippen LogP contribution in [0.1, 0.15) is 385 Å². The van der Waals surface area contributed by atoms with Crippen molar-refractivity contribution >= 4 is 74.5 Å². The first kappa shape index (κ1) is 123. The van der Waals surface area contributed by atoms with E-state index in [0.717, 1.165) is 82.8 Å². The summed E-state index contributed by atoms with van der Waals surface area (Å²) in [6, 6.07) is 0. The van der Waals surface area contributed by atoms with Gasteiger partial charge in [0.25, 0.3) is 0 Å². The predicted octanol–water partition coefficient (Wildman–Crippen LogP) is 19.7. The van der Waals surface area contributed by atoms with Crippen LogP contribution in [0.3, 0.4) is 0 Å². The summed E-state index contributed by atoms with van der Waals surface area (Å²) in [4.78, 5) is 117. The molecule has 14 N–H and O–H groups in total. The zero-order valence-electron chi connectivity index (χ0n) is 87.1. The Hall–Kier alpha value is -5.79. The van der Waals surface area contributed by atoms with Crippen molar-refractivity contribution in [1.82, 2.24) is 5.32 Å². The number of hydrogen-bond acceptors (Lipinski definition) is 21. The van der Waals surface area contributed by atoms with Crippen LogP contribution in [0, 0.1) is 85.8 Å². The fourth-order valence-corrected chi connectivity index (χ4v) is 27.8. The average Bonchev–Trinajstić information content (AvgIpc) is 1.46. The summed E-state index contributed by atoms with van der Waals surface area (Å²) in [5, 5.41) is 117. The molecule has 798 valence electrons. The number of carbonyl (C=O) groups is 10. The molecule has 0 spiro atoms. The molecule has 0 unspecified atom stereocenters. The summed E-state index contributed by atoms with van der Waals surface area (Å²) in [6.45, 7) is 25.4. The first-order valence-corrected chi connectivity index (χ1v) is 54.8. The molecule has 9 fully saturated rings. The van der Waals surface area contributed by atoms with E-state index in [2.05, 4.69) is 48.9 Å². The standard InChI is InChI=1S/C34H52FNO6.2C22H29FO5.C13H26O2.C9H18O2.C6H11BrO2.C6H15N/c1-5-6-7-10-17-36-18-11-8-9-12-30(40)42-22-29(39)34(41)23(2)19-27-26-14-13-24-20-25(37)15-16-31(24,3)33(26,35)28(38)21-32(27,34)4;2*1-12-8-16-15-5-4-13-9-14(25)6-7-19(13,2)21(15,23)17(26)10-20(16,3)22(12,28)18(27)11-24;1-2-3-4-5-6-7-8-9-10-11-12-13(14)15;1-2-3-4-5-6-7-8-9(10)11;7-5-3-1-2-4-6(8)9;1-2-3-4-5-6-7/h15-16,20,23,26-28,36,38,41H,5-14,17-19,21-22H2,1-4H3;2*6-7,9,12,15-17,24,26,28H,4-5,8,10-11H2,1-3H3;2-12H2,1H3,(H,14,15);2-8H2,1H3,(H,10,11);1-5H2,(H,8,9);2-7H2,1H3/t23-,26+,27+,28+,31+,32+,33+,34+;2*12-,15+,16+,17+,19+,20+,21+,22+;;;;/m011..../s1. The van der Waals surface area contributed by atoms with Crippen molar-refractivity contribution in [1.29, 1.82) is 0 Å². The van der Waals surface area contributed by atoms with Crippen molar-refractivity contribution < 1.29 is 122 Å². The number of allylic oxidation sites excluding steroid dienone is 12. The number of aliphatic hydroxyl groups excluding tert-OH is 5. The van der Waals surface area contributed by atoms with E-state index >= 15 is 13.2 Å². The number of carbonyl (C=O) groups excluding carboxylic acids is 7. The van der Waals surface area contributed by atoms with Crippen molar-refractivity contribution in [2.75, 3.05) is 44.8 Å². The zero-order chi connectivity index (χ0) is 105. The maximum absolute atomic E-state index is 17.3. The lowest BCUT2D eigenvalue weighted by Crippen LogP contribution is -2.69. The van der Waals surface area contributed by atoms with Gasteiger partial charge in [0, 0.05) is 81.3 Å². The number of rotatable bonds is 45. The summed E-state index contributed by atoms with van der Waals surface area (Å²) in [7, 11) is 0. The second kappa shape index (κ2) is 55.3. The van der Waals surface area contributed by atoms with Gasteiger partial charge < -0.3 is 72.0 Å². The fourth-order valence-electron chi connectivity index (χ4n) is 27.4. The molecule has 12 aliphatic carbocycles. The van der Waals surface area contributed by atoms with Crippen LogP contribution >= 0.6 is 15.9 Å². The van der Waals surface area contributed by atoms with Crippen LogP contribution in [0.4, 0.5) is 13.2 Å². The van der Waals surface area contributed by atoms with Gasteiger partial charge in [-0.1, -0.05) is 261 Å². The minimum absolute atomic E-state index is 0.0676. The number of unbranched alkanes of at least 4 members (excludes halogenated alkanes) is 24. The largest absolute Gasteiger partial charge is 0.481 e. The lowest BCUT2D eigenvalue weighted by atomic mass is 9.44. The van der Waals surface area contributed by atoms with Crippen LogP contribution in [-0.4, -0.2) is 212 Å². The highest BCUT2D eigenvalue weighted by molar-refractivity contribution is 9.09. The Morgan fingerprint density at radius 3 is 0.950 bits per heavy atom. The number of ketones is 6. The van der Waals surface area contributed by atoms with E-state index in [1.165, 1.54) is 165 Å². The third-order valence-corrected chi connectivity index (χ3v) is 36.2. The highest BCUT2D eigenvalue weighted by atomic mass is 79.9. The number of carboxylic acids is 3. The first-order chi connectivity index (χ1) is 66.0. The number of nitrogens with one attached hydrogen (secondary N) is 1. The summed E-state index contributed by atoms with van der Waals surface area (Å²) in [5.41, 5.74) is -10.5. The number of carboxylic acid groups (broad SMARTS) is 3. The molecule has 0 radical (unpaired) electrons. The van der Waals surface area contributed by atoms with Gasteiger partial charge in [-0.25, -0.2) is 13.2 Å². The Labute approximate surface area is 842 Å². The van der Waals surface area contributed by atoms with Crippen molar-refractivity contribution in [3.63, 3.8) is 0 Å². The van der Waals surface area contributed by atoms with E-state index in [0.29, 0.717) is 100 Å². The number of esters is 1. The number of ether oxygens (including phenoxy) is 1. The van der Waals surface area contributed by atoms with E-state index in [9.17, 15) is 88.8 Å². The third kappa shape index (κ3) is 26.8. The second-order valence-corrected chi connectivity index (χ2v) is 45.1. The minimum Gasteiger partial charge on any atom is -0.481 e. The molecule has 24 atom stereocenters. The highest BCUT2D eigenvalue weighted by Crippen LogP contribution is 2.75. The molecule has 12 aliphatic rings. The van der Waals surface area contributed by atoms with E-state index in [1.54, 1.807) is 80.5 Å². The fraction of sp³-hybridized carbons (Fsp3) is 0.804. The maximum Gasteiger partial charge on any atom is 0.306 e. The van der Waals surface area contributed by atoms with E-state index in [4.69, 9.17) is 25.8 Å². The van der Waals surface area contributed by atoms with E-state index < -0.39 is 181 Å². The van der Waals surface area contributed by atoms with Crippen LogP contribution in [0.15, 0.2) is 71.4 Å². The molecule has 0 bridgehead atoms. The SMILES string of the molecule is CCCCCCCCC(=O)O.CCCCCCCCCCCCC(=O)O.CCCCCCN.CCCCCCNCCCCCC(=O)OCC(=O)[C@]1(O)[C@@H](C)C[C@@H]2[C@H]3CCC4=CC(=O)C=C[C@@]4(C)[C@]3(F)[C@H](O)C[C@]21C.C[C@@H]1C[C@H]2[C@@H]3CCC4=CC(=O)C=C[C@]4(C)[C@@]3(F)[C@@H](O)C[C@]2(C)[C@@]1(O)C(=O)CO.C[C@@H]1C[C@H]2[C@@H]3CCC4=CC(=O)C=C[C@]4(C)[C@@]3(F)[C@@H](O)C[C@]2(C)[C@@]1(O)C(=O)CO.O=C(O)CCCCCBr.